The van der Waals surface area contributed by atoms with Crippen molar-refractivity contribution in [3.8, 4) is 0 Å². The average molecular weight is 478 g/mol. The Morgan fingerprint density at radius 2 is 2.15 bits per heavy atom. The minimum Gasteiger partial charge on any atom is -0.469 e. The van der Waals surface area contributed by atoms with Gasteiger partial charge in [0.05, 0.1) is 19.2 Å². The van der Waals surface area contributed by atoms with Crippen LogP contribution in [0.25, 0.3) is 0 Å². The highest BCUT2D eigenvalue weighted by Gasteiger charge is 2.36. The minimum absolute atomic E-state index is 0. The van der Waals surface area contributed by atoms with Crippen LogP contribution >= 0.6 is 24.0 Å². The van der Waals surface area contributed by atoms with E-state index in [2.05, 4.69) is 47.9 Å². The standard InChI is InChI=1S/C18H30N4O3.HI/c1-7-19-17(22-10-12(2)13(11-22)16(23)24-6)21-9-15-20-8-14(25-15)18(3,4)5;/h8,12-13H,7,9-11H2,1-6H3,(H,19,21);1H. The van der Waals surface area contributed by atoms with Crippen LogP contribution in [-0.4, -0.2) is 48.6 Å². The molecule has 0 aromatic carbocycles. The Kier molecular flexibility index (Phi) is 8.36. The van der Waals surface area contributed by atoms with Crippen LogP contribution in [0.5, 0.6) is 0 Å². The van der Waals surface area contributed by atoms with Gasteiger partial charge in [-0.25, -0.2) is 9.98 Å². The Morgan fingerprint density at radius 1 is 1.46 bits per heavy atom. The van der Waals surface area contributed by atoms with Crippen molar-refractivity contribution < 1.29 is 13.9 Å². The SMILES string of the molecule is CCNC(=NCc1ncc(C(C)(C)C)o1)N1CC(C)C(C(=O)OC)C1.I. The van der Waals surface area contributed by atoms with Crippen LogP contribution in [0, 0.1) is 11.8 Å². The van der Waals surface area contributed by atoms with E-state index in [1.54, 1.807) is 6.20 Å². The van der Waals surface area contributed by atoms with E-state index in [4.69, 9.17) is 9.15 Å². The van der Waals surface area contributed by atoms with Gasteiger partial charge in [-0.2, -0.15) is 0 Å². The molecule has 8 heteroatoms. The van der Waals surface area contributed by atoms with Crippen molar-refractivity contribution in [2.45, 2.75) is 46.6 Å². The first-order valence-corrected chi connectivity index (χ1v) is 8.82. The molecule has 7 nitrogen and oxygen atoms in total. The van der Waals surface area contributed by atoms with Crippen LogP contribution in [0.2, 0.25) is 0 Å². The first kappa shape index (κ1) is 22.7. The number of nitrogens with zero attached hydrogens (tertiary/aromatic N) is 3. The number of rotatable bonds is 4. The summed E-state index contributed by atoms with van der Waals surface area (Å²) >= 11 is 0. The summed E-state index contributed by atoms with van der Waals surface area (Å²) in [5.41, 5.74) is -0.0718. The van der Waals surface area contributed by atoms with Crippen molar-refractivity contribution in [3.63, 3.8) is 0 Å². The molecule has 2 heterocycles. The predicted octanol–water partition coefficient (Wildman–Crippen LogP) is 2.80. The zero-order valence-electron chi connectivity index (χ0n) is 16.5. The van der Waals surface area contributed by atoms with Gasteiger partial charge in [-0.15, -0.1) is 24.0 Å². The molecular weight excluding hydrogens is 447 g/mol. The number of hydrogen-bond donors (Lipinski definition) is 1. The van der Waals surface area contributed by atoms with Crippen LogP contribution in [-0.2, 0) is 21.5 Å². The molecular formula is C18H31IN4O3. The lowest BCUT2D eigenvalue weighted by molar-refractivity contribution is -0.145. The topological polar surface area (TPSA) is 80.0 Å². The number of hydrogen-bond acceptors (Lipinski definition) is 5. The molecule has 2 unspecified atom stereocenters. The third-order valence-corrected chi connectivity index (χ3v) is 4.41. The van der Waals surface area contributed by atoms with Gasteiger partial charge in [0, 0.05) is 25.0 Å². The molecule has 0 amide bonds. The molecule has 2 atom stereocenters. The second kappa shape index (κ2) is 9.57. The van der Waals surface area contributed by atoms with Crippen molar-refractivity contribution in [1.29, 1.82) is 0 Å². The summed E-state index contributed by atoms with van der Waals surface area (Å²) in [6.07, 6.45) is 1.77. The minimum atomic E-state index is -0.159. The zero-order valence-corrected chi connectivity index (χ0v) is 18.9. The summed E-state index contributed by atoms with van der Waals surface area (Å²) in [4.78, 5) is 22.9. The highest BCUT2D eigenvalue weighted by molar-refractivity contribution is 14.0. The van der Waals surface area contributed by atoms with Gasteiger partial charge in [-0.1, -0.05) is 27.7 Å². The molecule has 26 heavy (non-hydrogen) atoms. The van der Waals surface area contributed by atoms with Gasteiger partial charge in [0.15, 0.2) is 5.96 Å². The van der Waals surface area contributed by atoms with Crippen LogP contribution in [0.3, 0.4) is 0 Å². The third kappa shape index (κ3) is 5.59. The van der Waals surface area contributed by atoms with Gasteiger partial charge in [0.25, 0.3) is 0 Å². The summed E-state index contributed by atoms with van der Waals surface area (Å²) in [6.45, 7) is 12.8. The molecule has 0 radical (unpaired) electrons. The Labute approximate surface area is 173 Å². The molecule has 148 valence electrons. The second-order valence-electron chi connectivity index (χ2n) is 7.55. The molecule has 1 saturated heterocycles. The number of nitrogens with one attached hydrogen (secondary N) is 1. The molecule has 0 spiro atoms. The fourth-order valence-electron chi connectivity index (χ4n) is 2.90. The van der Waals surface area contributed by atoms with Crippen LogP contribution < -0.4 is 5.32 Å². The van der Waals surface area contributed by atoms with Crippen LogP contribution in [0.1, 0.15) is 46.3 Å². The maximum absolute atomic E-state index is 11.9. The van der Waals surface area contributed by atoms with Crippen LogP contribution in [0.15, 0.2) is 15.6 Å². The summed E-state index contributed by atoms with van der Waals surface area (Å²) in [5.74, 6) is 2.17. The molecule has 1 aromatic heterocycles. The summed E-state index contributed by atoms with van der Waals surface area (Å²) in [7, 11) is 1.44. The number of carbonyl (C=O) groups excluding carboxylic acids is 1. The van der Waals surface area contributed by atoms with Gasteiger partial charge < -0.3 is 19.4 Å². The second-order valence-corrected chi connectivity index (χ2v) is 7.55. The zero-order chi connectivity index (χ0) is 18.6. The van der Waals surface area contributed by atoms with Crippen LogP contribution in [0.4, 0.5) is 0 Å². The number of methoxy groups -OCH3 is 1. The summed E-state index contributed by atoms with van der Waals surface area (Å²) < 4.78 is 10.7. The molecule has 1 fully saturated rings. The van der Waals surface area contributed by atoms with E-state index in [1.165, 1.54) is 7.11 Å². The summed E-state index contributed by atoms with van der Waals surface area (Å²) in [6, 6.07) is 0. The molecule has 0 saturated carbocycles. The van der Waals surface area contributed by atoms with E-state index in [0.29, 0.717) is 19.0 Å². The Morgan fingerprint density at radius 3 is 2.69 bits per heavy atom. The van der Waals surface area contributed by atoms with Crippen molar-refractivity contribution in [1.82, 2.24) is 15.2 Å². The van der Waals surface area contributed by atoms with E-state index < -0.39 is 0 Å². The normalized spacial score (nSPS) is 20.7. The molecule has 0 aliphatic carbocycles. The smallest absolute Gasteiger partial charge is 0.310 e. The fourth-order valence-corrected chi connectivity index (χ4v) is 2.90. The number of aromatic nitrogens is 1. The fraction of sp³-hybridized carbons (Fsp3) is 0.722. The monoisotopic (exact) mass is 478 g/mol. The molecule has 2 rings (SSSR count). The van der Waals surface area contributed by atoms with E-state index in [9.17, 15) is 4.79 Å². The van der Waals surface area contributed by atoms with E-state index in [1.807, 2.05) is 6.92 Å². The number of aliphatic imine (C=N–C) groups is 1. The summed E-state index contributed by atoms with van der Waals surface area (Å²) in [5, 5.41) is 3.28. The van der Waals surface area contributed by atoms with E-state index in [-0.39, 0.29) is 47.2 Å². The molecule has 1 aliphatic heterocycles. The Bertz CT molecular complexity index is 624. The number of likely N-dealkylation sites (tertiary alicyclic amines) is 1. The Balaban J connectivity index is 0.00000338. The lowest BCUT2D eigenvalue weighted by Crippen LogP contribution is -2.40. The van der Waals surface area contributed by atoms with E-state index >= 15 is 0 Å². The Hall–Kier alpha value is -1.32. The number of esters is 1. The van der Waals surface area contributed by atoms with E-state index in [0.717, 1.165) is 24.8 Å². The third-order valence-electron chi connectivity index (χ3n) is 4.41. The van der Waals surface area contributed by atoms with Gasteiger partial charge in [-0.05, 0) is 12.8 Å². The molecule has 1 aliphatic rings. The molecule has 0 bridgehead atoms. The maximum atomic E-state index is 11.9. The largest absolute Gasteiger partial charge is 0.469 e. The van der Waals surface area contributed by atoms with Crippen molar-refractivity contribution in [2.75, 3.05) is 26.7 Å². The molecule has 1 N–H and O–H groups in total. The first-order valence-electron chi connectivity index (χ1n) is 8.82. The predicted molar refractivity (Wildman–Crippen MR) is 112 cm³/mol. The lowest BCUT2D eigenvalue weighted by atomic mass is 9.94. The number of halogens is 1. The first-order chi connectivity index (χ1) is 11.8. The van der Waals surface area contributed by atoms with Crippen molar-refractivity contribution in [3.05, 3.63) is 17.8 Å². The van der Waals surface area contributed by atoms with Gasteiger partial charge >= 0.3 is 5.97 Å². The lowest BCUT2D eigenvalue weighted by Gasteiger charge is -2.21. The number of guanidine groups is 1. The average Bonchev–Trinajstić information content (AvgIpc) is 3.17. The van der Waals surface area contributed by atoms with Gasteiger partial charge in [0.2, 0.25) is 5.89 Å². The maximum Gasteiger partial charge on any atom is 0.310 e. The number of carbonyl (C=O) groups is 1. The molecule has 1 aromatic rings. The number of ether oxygens (including phenoxy) is 1. The van der Waals surface area contributed by atoms with Gasteiger partial charge in [0.1, 0.15) is 12.3 Å². The van der Waals surface area contributed by atoms with Crippen molar-refractivity contribution >= 4 is 35.9 Å². The van der Waals surface area contributed by atoms with Gasteiger partial charge in [-0.3, -0.25) is 4.79 Å². The van der Waals surface area contributed by atoms with Crippen molar-refractivity contribution in [2.24, 2.45) is 16.8 Å². The highest BCUT2D eigenvalue weighted by Crippen LogP contribution is 2.25. The number of oxazole rings is 1. The highest BCUT2D eigenvalue weighted by atomic mass is 127. The quantitative estimate of drug-likeness (QED) is 0.310.